The number of hydrogen-bond acceptors (Lipinski definition) is 4. The molecule has 1 fully saturated rings. The summed E-state index contributed by atoms with van der Waals surface area (Å²) in [5.74, 6) is 0.462. The van der Waals surface area contributed by atoms with Crippen molar-refractivity contribution in [3.63, 3.8) is 0 Å². The first-order chi connectivity index (χ1) is 12.2. The van der Waals surface area contributed by atoms with Crippen LogP contribution in [-0.4, -0.2) is 26.2 Å². The molecule has 0 spiro atoms. The van der Waals surface area contributed by atoms with E-state index in [1.807, 2.05) is 6.07 Å². The Hall–Kier alpha value is -2.51. The summed E-state index contributed by atoms with van der Waals surface area (Å²) < 4.78 is 0. The lowest BCUT2D eigenvalue weighted by atomic mass is 9.89. The Morgan fingerprint density at radius 1 is 1.32 bits per heavy atom. The summed E-state index contributed by atoms with van der Waals surface area (Å²) in [5.41, 5.74) is 6.61. The Labute approximate surface area is 149 Å². The predicted octanol–water partition coefficient (Wildman–Crippen LogP) is 3.76. The van der Waals surface area contributed by atoms with E-state index in [4.69, 9.17) is 0 Å². The predicted molar refractivity (Wildman–Crippen MR) is 103 cm³/mol. The van der Waals surface area contributed by atoms with Crippen molar-refractivity contribution in [2.24, 2.45) is 0 Å². The minimum Gasteiger partial charge on any atom is -0.370 e. The number of hydrogen-bond donors (Lipinski definition) is 2. The molecular formula is C21H24N4. The molecule has 0 amide bonds. The molecule has 2 N–H and O–H groups in total. The number of anilines is 3. The summed E-state index contributed by atoms with van der Waals surface area (Å²) in [6.45, 7) is 4.20. The van der Waals surface area contributed by atoms with Crippen LogP contribution in [0.1, 0.15) is 36.0 Å². The zero-order chi connectivity index (χ0) is 17.4. The highest BCUT2D eigenvalue weighted by molar-refractivity contribution is 5.77. The van der Waals surface area contributed by atoms with E-state index in [1.54, 1.807) is 0 Å². The topological polar surface area (TPSA) is 51.1 Å². The molecule has 2 aliphatic heterocycles. The van der Waals surface area contributed by atoms with Crippen LogP contribution >= 0.6 is 0 Å². The molecule has 128 valence electrons. The second-order valence-corrected chi connectivity index (χ2v) is 6.99. The lowest BCUT2D eigenvalue weighted by molar-refractivity contribution is 0.413. The van der Waals surface area contributed by atoms with Crippen LogP contribution in [0.25, 0.3) is 0 Å². The molecule has 0 aliphatic carbocycles. The van der Waals surface area contributed by atoms with Gasteiger partial charge in [0.2, 0.25) is 0 Å². The van der Waals surface area contributed by atoms with Gasteiger partial charge >= 0.3 is 0 Å². The average molecular weight is 332 g/mol. The van der Waals surface area contributed by atoms with Gasteiger partial charge in [0, 0.05) is 36.9 Å². The third-order valence-electron chi connectivity index (χ3n) is 5.63. The third-order valence-corrected chi connectivity index (χ3v) is 5.63. The molecule has 1 saturated heterocycles. The van der Waals surface area contributed by atoms with Gasteiger partial charge in [0.05, 0.1) is 11.3 Å². The number of para-hydroxylation sites is 1. The van der Waals surface area contributed by atoms with Gasteiger partial charge in [0.1, 0.15) is 6.07 Å². The fourth-order valence-corrected chi connectivity index (χ4v) is 4.39. The maximum absolute atomic E-state index is 9.72. The molecule has 4 nitrogen and oxygen atoms in total. The average Bonchev–Trinajstić information content (AvgIpc) is 2.94. The van der Waals surface area contributed by atoms with Crippen LogP contribution < -0.4 is 15.5 Å². The molecule has 0 saturated carbocycles. The largest absolute Gasteiger partial charge is 0.370 e. The molecule has 25 heavy (non-hydrogen) atoms. The van der Waals surface area contributed by atoms with Crippen LogP contribution in [0, 0.1) is 11.3 Å². The molecule has 2 aromatic carbocycles. The molecule has 4 heteroatoms. The third kappa shape index (κ3) is 2.65. The number of nitriles is 1. The van der Waals surface area contributed by atoms with Gasteiger partial charge in [-0.05, 0) is 48.7 Å². The van der Waals surface area contributed by atoms with Crippen molar-refractivity contribution in [3.8, 4) is 6.07 Å². The molecule has 2 atom stereocenters. The number of benzene rings is 2. The molecule has 0 radical (unpaired) electrons. The first-order valence-corrected chi connectivity index (χ1v) is 9.09. The van der Waals surface area contributed by atoms with Gasteiger partial charge in [0.25, 0.3) is 0 Å². The van der Waals surface area contributed by atoms with Gasteiger partial charge in [-0.15, -0.1) is 0 Å². The van der Waals surface area contributed by atoms with E-state index in [1.165, 1.54) is 11.1 Å². The first kappa shape index (κ1) is 16.0. The first-order valence-electron chi connectivity index (χ1n) is 9.09. The monoisotopic (exact) mass is 332 g/mol. The molecule has 2 aliphatic rings. The van der Waals surface area contributed by atoms with Gasteiger partial charge in [-0.3, -0.25) is 0 Å². The number of nitrogens with zero attached hydrogens (tertiary/aromatic N) is 2. The van der Waals surface area contributed by atoms with Crippen molar-refractivity contribution in [2.75, 3.05) is 30.4 Å². The quantitative estimate of drug-likeness (QED) is 0.898. The molecule has 0 aromatic heterocycles. The maximum atomic E-state index is 9.72. The Morgan fingerprint density at radius 3 is 2.96 bits per heavy atom. The number of piperidine rings is 1. The van der Waals surface area contributed by atoms with Crippen LogP contribution in [0.4, 0.5) is 17.1 Å². The van der Waals surface area contributed by atoms with Crippen LogP contribution in [0.5, 0.6) is 0 Å². The molecule has 2 aromatic rings. The van der Waals surface area contributed by atoms with Crippen molar-refractivity contribution in [1.29, 1.82) is 5.26 Å². The van der Waals surface area contributed by atoms with Crippen LogP contribution in [0.3, 0.4) is 0 Å². The normalized spacial score (nSPS) is 21.4. The summed E-state index contributed by atoms with van der Waals surface area (Å²) in [6.07, 6.45) is 2.11. The van der Waals surface area contributed by atoms with E-state index >= 15 is 0 Å². The van der Waals surface area contributed by atoms with Crippen molar-refractivity contribution in [1.82, 2.24) is 5.32 Å². The van der Waals surface area contributed by atoms with Crippen molar-refractivity contribution < 1.29 is 0 Å². The Balaban J connectivity index is 1.76. The summed E-state index contributed by atoms with van der Waals surface area (Å²) in [5, 5.41) is 16.8. The van der Waals surface area contributed by atoms with E-state index < -0.39 is 0 Å². The lowest BCUT2D eigenvalue weighted by Crippen LogP contribution is -2.42. The van der Waals surface area contributed by atoms with Gasteiger partial charge < -0.3 is 15.5 Å². The van der Waals surface area contributed by atoms with E-state index in [0.717, 1.165) is 48.6 Å². The fourth-order valence-electron chi connectivity index (χ4n) is 4.39. The number of aryl methyl sites for hydroxylation is 1. The van der Waals surface area contributed by atoms with Gasteiger partial charge in [-0.2, -0.15) is 5.26 Å². The number of likely N-dealkylation sites (N-methyl/N-ethyl adjacent to an activating group) is 1. The summed E-state index contributed by atoms with van der Waals surface area (Å²) >= 11 is 0. The van der Waals surface area contributed by atoms with Gasteiger partial charge in [-0.1, -0.05) is 25.1 Å². The van der Waals surface area contributed by atoms with Crippen molar-refractivity contribution >= 4 is 17.1 Å². The lowest BCUT2D eigenvalue weighted by Gasteiger charge is -2.31. The summed E-state index contributed by atoms with van der Waals surface area (Å²) in [7, 11) is 2.13. The van der Waals surface area contributed by atoms with Crippen molar-refractivity contribution in [2.45, 2.75) is 31.7 Å². The van der Waals surface area contributed by atoms with E-state index in [9.17, 15) is 5.26 Å². The van der Waals surface area contributed by atoms with Crippen molar-refractivity contribution in [3.05, 3.63) is 53.1 Å². The molecular weight excluding hydrogens is 308 g/mol. The molecule has 4 rings (SSSR count). The fraction of sp³-hybridized carbons (Fsp3) is 0.381. The summed E-state index contributed by atoms with van der Waals surface area (Å²) in [6, 6.07) is 15.5. The van der Waals surface area contributed by atoms with Crippen LogP contribution in [-0.2, 0) is 6.42 Å². The second-order valence-electron chi connectivity index (χ2n) is 6.99. The highest BCUT2D eigenvalue weighted by atomic mass is 15.2. The van der Waals surface area contributed by atoms with E-state index in [2.05, 4.69) is 65.9 Å². The number of nitrogens with one attached hydrogen (secondary N) is 2. The highest BCUT2D eigenvalue weighted by Gasteiger charge is 2.39. The van der Waals surface area contributed by atoms with Crippen LogP contribution in [0.15, 0.2) is 36.4 Å². The van der Waals surface area contributed by atoms with E-state index in [0.29, 0.717) is 12.0 Å². The standard InChI is InChI=1S/C21H24N4/c1-3-14-6-4-5-7-19(14)24-16-10-15(12-22)21-17(11-16)18-13-23-9-8-20(18)25(21)2/h4-7,10-11,18,20,23-24H,3,8-9,13H2,1-2H3/t18-,20?/m0/s1. The van der Waals surface area contributed by atoms with Crippen LogP contribution in [0.2, 0.25) is 0 Å². The minimum atomic E-state index is 0.462. The SMILES string of the molecule is CCc1ccccc1Nc1cc(C#N)c2c(c1)[C@@H]1CNCCC1N2C. The van der Waals surface area contributed by atoms with Gasteiger partial charge in [-0.25, -0.2) is 0 Å². The summed E-state index contributed by atoms with van der Waals surface area (Å²) in [4.78, 5) is 2.32. The smallest absolute Gasteiger partial charge is 0.101 e. The Kier molecular flexibility index (Phi) is 4.10. The number of fused-ring (bicyclic) bond motifs is 3. The highest BCUT2D eigenvalue weighted by Crippen LogP contribution is 2.45. The van der Waals surface area contributed by atoms with Gasteiger partial charge in [0.15, 0.2) is 0 Å². The molecule has 0 bridgehead atoms. The maximum Gasteiger partial charge on any atom is 0.101 e. The second kappa shape index (κ2) is 6.42. The molecule has 2 heterocycles. The minimum absolute atomic E-state index is 0.462. The number of rotatable bonds is 3. The zero-order valence-corrected chi connectivity index (χ0v) is 14.8. The molecule has 1 unspecified atom stereocenters. The zero-order valence-electron chi connectivity index (χ0n) is 14.8. The Bertz CT molecular complexity index is 836. The van der Waals surface area contributed by atoms with E-state index in [-0.39, 0.29) is 0 Å². The Morgan fingerprint density at radius 2 is 2.16 bits per heavy atom.